The number of nitrogens with one attached hydrogen (secondary N) is 2. The normalized spacial score (nSPS) is 12.2. The summed E-state index contributed by atoms with van der Waals surface area (Å²) in [5, 5.41) is 11.4. The molecule has 0 fully saturated rings. The van der Waals surface area contributed by atoms with Gasteiger partial charge < -0.3 is 14.7 Å². The third kappa shape index (κ3) is 4.32. The number of hydrogen-bond donors (Lipinski definition) is 2. The van der Waals surface area contributed by atoms with E-state index in [2.05, 4.69) is 39.3 Å². The number of aryl methyl sites for hydroxylation is 1. The molecule has 2 aromatic heterocycles. The molecule has 0 saturated heterocycles. The molecule has 5 rings (SSSR count). The molecule has 0 saturated carbocycles. The Bertz CT molecular complexity index is 1400. The first-order valence-corrected chi connectivity index (χ1v) is 11.2. The van der Waals surface area contributed by atoms with Crippen LogP contribution in [0.2, 0.25) is 0 Å². The average molecular weight is 452 g/mol. The molecule has 5 aromatic rings. The summed E-state index contributed by atoms with van der Waals surface area (Å²) in [4.78, 5) is 21.0. The van der Waals surface area contributed by atoms with Crippen LogP contribution in [0.3, 0.4) is 0 Å². The van der Waals surface area contributed by atoms with Gasteiger partial charge in [-0.05, 0) is 61.4 Å². The Hall–Kier alpha value is -4.26. The molecule has 2 N–H and O–H groups in total. The van der Waals surface area contributed by atoms with Gasteiger partial charge in [-0.15, -0.1) is 10.2 Å². The van der Waals surface area contributed by atoms with Crippen LogP contribution in [0.25, 0.3) is 33.9 Å². The van der Waals surface area contributed by atoms with Crippen molar-refractivity contribution in [2.75, 3.05) is 0 Å². The van der Waals surface area contributed by atoms with Gasteiger partial charge in [0.05, 0.1) is 17.1 Å². The molecular formula is C27H25N5O2. The highest BCUT2D eigenvalue weighted by atomic mass is 16.4. The van der Waals surface area contributed by atoms with Crippen molar-refractivity contribution in [1.29, 1.82) is 0 Å². The quantitative estimate of drug-likeness (QED) is 0.344. The maximum Gasteiger partial charge on any atom is 0.251 e. The Morgan fingerprint density at radius 2 is 1.50 bits per heavy atom. The Morgan fingerprint density at radius 1 is 0.882 bits per heavy atom. The van der Waals surface area contributed by atoms with Crippen molar-refractivity contribution in [3.8, 4) is 22.9 Å². The predicted molar refractivity (Wildman–Crippen MR) is 131 cm³/mol. The number of aromatic nitrogens is 4. The van der Waals surface area contributed by atoms with Gasteiger partial charge in [0.15, 0.2) is 0 Å². The van der Waals surface area contributed by atoms with Gasteiger partial charge in [0.2, 0.25) is 11.8 Å². The number of benzene rings is 3. The van der Waals surface area contributed by atoms with Gasteiger partial charge in [-0.2, -0.15) is 0 Å². The van der Waals surface area contributed by atoms with Gasteiger partial charge >= 0.3 is 0 Å². The second-order valence-corrected chi connectivity index (χ2v) is 8.69. The molecule has 170 valence electrons. The fourth-order valence-electron chi connectivity index (χ4n) is 3.81. The first-order valence-electron chi connectivity index (χ1n) is 11.2. The topological polar surface area (TPSA) is 96.7 Å². The van der Waals surface area contributed by atoms with E-state index in [-0.39, 0.29) is 17.9 Å². The standard InChI is InChI=1S/C27H25N5O2/c1-16(2)23(24-28-21-6-4-5-7-22(21)29-24)30-25(33)18-12-14-20(15-13-18)27-32-31-26(34-27)19-10-8-17(3)9-11-19/h4-16,23H,1-3H3,(H,28,29)(H,30,33). The lowest BCUT2D eigenvalue weighted by atomic mass is 10.0. The number of fused-ring (bicyclic) bond motifs is 1. The van der Waals surface area contributed by atoms with Crippen molar-refractivity contribution in [3.05, 3.63) is 89.7 Å². The fraction of sp³-hybridized carbons (Fsp3) is 0.185. The zero-order chi connectivity index (χ0) is 23.7. The van der Waals surface area contributed by atoms with Crippen LogP contribution in [0, 0.1) is 12.8 Å². The molecule has 7 nitrogen and oxygen atoms in total. The summed E-state index contributed by atoms with van der Waals surface area (Å²) < 4.78 is 5.84. The van der Waals surface area contributed by atoms with E-state index in [0.29, 0.717) is 17.3 Å². The minimum Gasteiger partial charge on any atom is -0.416 e. The van der Waals surface area contributed by atoms with Crippen LogP contribution < -0.4 is 5.32 Å². The Kier molecular flexibility index (Phi) is 5.67. The number of H-pyrrole nitrogens is 1. The van der Waals surface area contributed by atoms with Crippen LogP contribution >= 0.6 is 0 Å². The number of rotatable bonds is 6. The third-order valence-corrected chi connectivity index (χ3v) is 5.77. The zero-order valence-corrected chi connectivity index (χ0v) is 19.2. The van der Waals surface area contributed by atoms with Crippen LogP contribution in [-0.4, -0.2) is 26.1 Å². The van der Waals surface area contributed by atoms with E-state index in [1.165, 1.54) is 0 Å². The van der Waals surface area contributed by atoms with E-state index < -0.39 is 0 Å². The summed E-state index contributed by atoms with van der Waals surface area (Å²) in [5.41, 5.74) is 5.16. The van der Waals surface area contributed by atoms with Crippen molar-refractivity contribution in [3.63, 3.8) is 0 Å². The van der Waals surface area contributed by atoms with Crippen LogP contribution in [-0.2, 0) is 0 Å². The number of para-hydroxylation sites is 2. The molecule has 1 atom stereocenters. The zero-order valence-electron chi connectivity index (χ0n) is 19.2. The lowest BCUT2D eigenvalue weighted by Crippen LogP contribution is -2.32. The lowest BCUT2D eigenvalue weighted by Gasteiger charge is -2.20. The number of aromatic amines is 1. The SMILES string of the molecule is Cc1ccc(-c2nnc(-c3ccc(C(=O)NC(c4nc5ccccc5[nH]4)C(C)C)cc3)o2)cc1. The summed E-state index contributed by atoms with van der Waals surface area (Å²) in [5.74, 6) is 1.60. The second kappa shape index (κ2) is 8.94. The van der Waals surface area contributed by atoms with Crippen molar-refractivity contribution >= 4 is 16.9 Å². The van der Waals surface area contributed by atoms with Crippen molar-refractivity contribution in [2.24, 2.45) is 5.92 Å². The first-order chi connectivity index (χ1) is 16.5. The first kappa shape index (κ1) is 21.6. The highest BCUT2D eigenvalue weighted by Crippen LogP contribution is 2.26. The molecule has 3 aromatic carbocycles. The van der Waals surface area contributed by atoms with E-state index in [1.54, 1.807) is 12.1 Å². The number of amides is 1. The number of nitrogens with zero attached hydrogens (tertiary/aromatic N) is 3. The minimum absolute atomic E-state index is 0.155. The van der Waals surface area contributed by atoms with Gasteiger partial charge in [0.1, 0.15) is 5.82 Å². The van der Waals surface area contributed by atoms with E-state index in [9.17, 15) is 4.79 Å². The van der Waals surface area contributed by atoms with E-state index in [1.807, 2.05) is 67.6 Å². The number of carbonyl (C=O) groups is 1. The van der Waals surface area contributed by atoms with Crippen LogP contribution in [0.15, 0.2) is 77.2 Å². The molecule has 0 radical (unpaired) electrons. The molecule has 0 bridgehead atoms. The van der Waals surface area contributed by atoms with Gasteiger partial charge in [-0.3, -0.25) is 4.79 Å². The summed E-state index contributed by atoms with van der Waals surface area (Å²) in [6.07, 6.45) is 0. The van der Waals surface area contributed by atoms with Crippen molar-refractivity contribution in [1.82, 2.24) is 25.5 Å². The van der Waals surface area contributed by atoms with Crippen LogP contribution in [0.5, 0.6) is 0 Å². The summed E-state index contributed by atoms with van der Waals surface area (Å²) in [7, 11) is 0. The molecule has 7 heteroatoms. The van der Waals surface area contributed by atoms with E-state index >= 15 is 0 Å². The molecule has 1 unspecified atom stereocenters. The Morgan fingerprint density at radius 3 is 2.12 bits per heavy atom. The molecule has 0 aliphatic carbocycles. The molecule has 0 aliphatic rings. The number of carbonyl (C=O) groups excluding carboxylic acids is 1. The van der Waals surface area contributed by atoms with Crippen LogP contribution in [0.4, 0.5) is 0 Å². The number of hydrogen-bond acceptors (Lipinski definition) is 5. The largest absolute Gasteiger partial charge is 0.416 e. The third-order valence-electron chi connectivity index (χ3n) is 5.77. The van der Waals surface area contributed by atoms with Crippen molar-refractivity contribution in [2.45, 2.75) is 26.8 Å². The fourth-order valence-corrected chi connectivity index (χ4v) is 3.81. The maximum atomic E-state index is 13.0. The molecule has 2 heterocycles. The second-order valence-electron chi connectivity index (χ2n) is 8.69. The van der Waals surface area contributed by atoms with Gasteiger partial charge in [-0.1, -0.05) is 43.7 Å². The monoisotopic (exact) mass is 451 g/mol. The predicted octanol–water partition coefficient (Wildman–Crippen LogP) is 5.72. The lowest BCUT2D eigenvalue weighted by molar-refractivity contribution is 0.0923. The Labute approximate surface area is 197 Å². The highest BCUT2D eigenvalue weighted by Gasteiger charge is 2.22. The van der Waals surface area contributed by atoms with E-state index in [0.717, 1.165) is 33.5 Å². The molecule has 1 amide bonds. The molecule has 0 spiro atoms. The summed E-state index contributed by atoms with van der Waals surface area (Å²) in [6, 6.07) is 22.7. The molecule has 0 aliphatic heterocycles. The van der Waals surface area contributed by atoms with Gasteiger partial charge in [0, 0.05) is 16.7 Å². The highest BCUT2D eigenvalue weighted by molar-refractivity contribution is 5.94. The van der Waals surface area contributed by atoms with Gasteiger partial charge in [0.25, 0.3) is 5.91 Å². The smallest absolute Gasteiger partial charge is 0.251 e. The van der Waals surface area contributed by atoms with E-state index in [4.69, 9.17) is 4.42 Å². The minimum atomic E-state index is -0.243. The molecular weight excluding hydrogens is 426 g/mol. The Balaban J connectivity index is 1.32. The maximum absolute atomic E-state index is 13.0. The average Bonchev–Trinajstić information content (AvgIpc) is 3.50. The van der Waals surface area contributed by atoms with Crippen molar-refractivity contribution < 1.29 is 9.21 Å². The number of imidazole rings is 1. The van der Waals surface area contributed by atoms with Gasteiger partial charge in [-0.25, -0.2) is 4.98 Å². The molecule has 34 heavy (non-hydrogen) atoms. The summed E-state index contributed by atoms with van der Waals surface area (Å²) >= 11 is 0. The van der Waals surface area contributed by atoms with Crippen LogP contribution in [0.1, 0.15) is 41.6 Å². The summed E-state index contributed by atoms with van der Waals surface area (Å²) in [6.45, 7) is 6.14.